The van der Waals surface area contributed by atoms with E-state index in [1.807, 2.05) is 6.07 Å². The minimum absolute atomic E-state index is 0.130. The molecule has 0 radical (unpaired) electrons. The summed E-state index contributed by atoms with van der Waals surface area (Å²) < 4.78 is 39.0. The van der Waals surface area contributed by atoms with Gasteiger partial charge in [-0.1, -0.05) is 19.3 Å². The Labute approximate surface area is 186 Å². The highest BCUT2D eigenvalue weighted by atomic mass is 32.2. The van der Waals surface area contributed by atoms with Gasteiger partial charge in [0.1, 0.15) is 0 Å². The third kappa shape index (κ3) is 4.39. The maximum atomic E-state index is 13.0. The van der Waals surface area contributed by atoms with Crippen molar-refractivity contribution < 1.29 is 17.9 Å². The van der Waals surface area contributed by atoms with Crippen molar-refractivity contribution in [3.8, 4) is 6.07 Å². The van der Waals surface area contributed by atoms with Gasteiger partial charge >= 0.3 is 0 Å². The first-order valence-corrected chi connectivity index (χ1v) is 12.8. The van der Waals surface area contributed by atoms with Crippen LogP contribution in [0.25, 0.3) is 0 Å². The Bertz CT molecular complexity index is 882. The van der Waals surface area contributed by atoms with Crippen molar-refractivity contribution in [2.75, 3.05) is 40.0 Å². The molecule has 1 atom stereocenters. The van der Waals surface area contributed by atoms with Gasteiger partial charge in [-0.3, -0.25) is 4.90 Å². The van der Waals surface area contributed by atoms with E-state index in [0.717, 1.165) is 19.4 Å². The van der Waals surface area contributed by atoms with Gasteiger partial charge in [-0.25, -0.2) is 8.42 Å². The number of benzene rings is 1. The second-order valence-electron chi connectivity index (χ2n) is 8.94. The number of hydrogen-bond donors (Lipinski definition) is 0. The molecule has 0 N–H and O–H groups in total. The summed E-state index contributed by atoms with van der Waals surface area (Å²) in [4.78, 5) is 2.90. The summed E-state index contributed by atoms with van der Waals surface area (Å²) >= 11 is 0. The van der Waals surface area contributed by atoms with Crippen LogP contribution in [0.4, 0.5) is 0 Å². The minimum Gasteiger partial charge on any atom is -0.382 e. The predicted octanol–water partition coefficient (Wildman–Crippen LogP) is 2.76. The predicted molar refractivity (Wildman–Crippen MR) is 117 cm³/mol. The Kier molecular flexibility index (Phi) is 6.99. The fourth-order valence-electron chi connectivity index (χ4n) is 5.62. The molecular formula is C23H33N3O4S. The van der Waals surface area contributed by atoms with E-state index in [2.05, 4.69) is 4.90 Å². The first kappa shape index (κ1) is 22.7. The van der Waals surface area contributed by atoms with Gasteiger partial charge in [0.15, 0.2) is 0 Å². The first-order valence-electron chi connectivity index (χ1n) is 11.4. The van der Waals surface area contributed by atoms with Crippen molar-refractivity contribution in [1.82, 2.24) is 9.21 Å². The zero-order valence-corrected chi connectivity index (χ0v) is 19.1. The fraction of sp³-hybridized carbons (Fsp3) is 0.696. The van der Waals surface area contributed by atoms with Gasteiger partial charge in [0.05, 0.1) is 35.8 Å². The lowest BCUT2D eigenvalue weighted by atomic mass is 9.69. The molecule has 0 bridgehead atoms. The molecule has 2 aliphatic heterocycles. The lowest BCUT2D eigenvalue weighted by Crippen LogP contribution is -2.75. The Morgan fingerprint density at radius 3 is 2.39 bits per heavy atom. The molecule has 1 aromatic rings. The van der Waals surface area contributed by atoms with E-state index in [1.165, 1.54) is 44.2 Å². The van der Waals surface area contributed by atoms with Crippen molar-refractivity contribution in [3.63, 3.8) is 0 Å². The van der Waals surface area contributed by atoms with Crippen molar-refractivity contribution in [1.29, 1.82) is 5.26 Å². The van der Waals surface area contributed by atoms with Crippen LogP contribution in [0.3, 0.4) is 0 Å². The molecule has 170 valence electrons. The van der Waals surface area contributed by atoms with Crippen molar-refractivity contribution in [2.45, 2.75) is 67.5 Å². The van der Waals surface area contributed by atoms with Gasteiger partial charge in [0.25, 0.3) is 0 Å². The summed E-state index contributed by atoms with van der Waals surface area (Å²) in [5.74, 6) is 0. The number of methoxy groups -OCH3 is 1. The number of sulfonamides is 1. The van der Waals surface area contributed by atoms with Gasteiger partial charge in [-0.15, -0.1) is 0 Å². The number of rotatable bonds is 7. The SMILES string of the molecule is COCCOC1CN(C2CCN(S(=O)(=O)c3ccc(C#N)cc3)CC2)C12CCCCC2. The van der Waals surface area contributed by atoms with Crippen LogP contribution in [-0.4, -0.2) is 75.3 Å². The van der Waals surface area contributed by atoms with Crippen LogP contribution >= 0.6 is 0 Å². The summed E-state index contributed by atoms with van der Waals surface area (Å²) in [6.07, 6.45) is 8.09. The molecule has 4 rings (SSSR count). The lowest BCUT2D eigenvalue weighted by molar-refractivity contribution is -0.203. The summed E-state index contributed by atoms with van der Waals surface area (Å²) in [5, 5.41) is 8.94. The minimum atomic E-state index is -3.52. The van der Waals surface area contributed by atoms with E-state index in [1.54, 1.807) is 23.5 Å². The van der Waals surface area contributed by atoms with Gasteiger partial charge in [0.2, 0.25) is 10.0 Å². The molecule has 0 aromatic heterocycles. The number of piperidine rings is 1. The standard InChI is InChI=1S/C23H33N3O4S/c1-29-15-16-30-22-18-26(23(22)11-3-2-4-12-23)20-9-13-25(14-10-20)31(27,28)21-7-5-19(17-24)6-8-21/h5-8,20,22H,2-4,9-16,18H2,1H3. The van der Waals surface area contributed by atoms with Crippen molar-refractivity contribution >= 4 is 10.0 Å². The molecule has 1 saturated carbocycles. The zero-order chi connectivity index (χ0) is 21.9. The highest BCUT2D eigenvalue weighted by Crippen LogP contribution is 2.47. The van der Waals surface area contributed by atoms with Crippen LogP contribution in [0.2, 0.25) is 0 Å². The van der Waals surface area contributed by atoms with E-state index in [9.17, 15) is 8.42 Å². The molecule has 1 unspecified atom stereocenters. The van der Waals surface area contributed by atoms with Gasteiger partial charge in [-0.05, 0) is 49.9 Å². The van der Waals surface area contributed by atoms with Gasteiger partial charge in [0, 0.05) is 38.3 Å². The molecule has 2 saturated heterocycles. The highest BCUT2D eigenvalue weighted by molar-refractivity contribution is 7.89. The Morgan fingerprint density at radius 2 is 1.77 bits per heavy atom. The van der Waals surface area contributed by atoms with Crippen LogP contribution in [-0.2, 0) is 19.5 Å². The summed E-state index contributed by atoms with van der Waals surface area (Å²) in [7, 11) is -1.82. The molecular weight excluding hydrogens is 414 g/mol. The second-order valence-corrected chi connectivity index (χ2v) is 10.9. The third-order valence-corrected chi connectivity index (χ3v) is 9.26. The Morgan fingerprint density at radius 1 is 1.10 bits per heavy atom. The molecule has 0 amide bonds. The average Bonchev–Trinajstić information content (AvgIpc) is 2.81. The summed E-state index contributed by atoms with van der Waals surface area (Å²) in [5.41, 5.74) is 0.598. The molecule has 1 spiro atoms. The van der Waals surface area contributed by atoms with E-state index in [0.29, 0.717) is 37.9 Å². The highest BCUT2D eigenvalue weighted by Gasteiger charge is 2.56. The van der Waals surface area contributed by atoms with E-state index < -0.39 is 10.0 Å². The average molecular weight is 448 g/mol. The first-order chi connectivity index (χ1) is 15.0. The van der Waals surface area contributed by atoms with E-state index in [-0.39, 0.29) is 16.5 Å². The van der Waals surface area contributed by atoms with E-state index in [4.69, 9.17) is 14.7 Å². The van der Waals surface area contributed by atoms with Gasteiger partial charge < -0.3 is 9.47 Å². The monoisotopic (exact) mass is 447 g/mol. The fourth-order valence-corrected chi connectivity index (χ4v) is 7.08. The summed E-state index contributed by atoms with van der Waals surface area (Å²) in [6.45, 7) is 3.27. The van der Waals surface area contributed by atoms with Crippen LogP contribution < -0.4 is 0 Å². The molecule has 3 aliphatic rings. The Hall–Kier alpha value is -1.50. The summed E-state index contributed by atoms with van der Waals surface area (Å²) in [6, 6.07) is 8.65. The van der Waals surface area contributed by atoms with Crippen LogP contribution in [0.15, 0.2) is 29.2 Å². The number of nitriles is 1. The smallest absolute Gasteiger partial charge is 0.243 e. The second kappa shape index (κ2) is 9.55. The van der Waals surface area contributed by atoms with Crippen molar-refractivity contribution in [2.24, 2.45) is 0 Å². The maximum Gasteiger partial charge on any atom is 0.243 e. The van der Waals surface area contributed by atoms with E-state index >= 15 is 0 Å². The normalized spacial score (nSPS) is 25.2. The molecule has 3 fully saturated rings. The topological polar surface area (TPSA) is 82.9 Å². The maximum absolute atomic E-state index is 13.0. The van der Waals surface area contributed by atoms with Crippen molar-refractivity contribution in [3.05, 3.63) is 29.8 Å². The third-order valence-electron chi connectivity index (χ3n) is 7.35. The van der Waals surface area contributed by atoms with Gasteiger partial charge in [-0.2, -0.15) is 9.57 Å². The van der Waals surface area contributed by atoms with Crippen LogP contribution in [0, 0.1) is 11.3 Å². The Balaban J connectivity index is 1.39. The number of likely N-dealkylation sites (tertiary alicyclic amines) is 1. The van der Waals surface area contributed by atoms with Crippen LogP contribution in [0.5, 0.6) is 0 Å². The largest absolute Gasteiger partial charge is 0.382 e. The number of nitrogens with zero attached hydrogens (tertiary/aromatic N) is 3. The molecule has 7 nitrogen and oxygen atoms in total. The molecule has 31 heavy (non-hydrogen) atoms. The van der Waals surface area contributed by atoms with Crippen LogP contribution in [0.1, 0.15) is 50.5 Å². The molecule has 8 heteroatoms. The molecule has 1 aliphatic carbocycles. The molecule has 1 aromatic carbocycles. The number of ether oxygens (including phenoxy) is 2. The number of hydrogen-bond acceptors (Lipinski definition) is 6. The lowest BCUT2D eigenvalue weighted by Gasteiger charge is -2.63. The zero-order valence-electron chi connectivity index (χ0n) is 18.3. The quantitative estimate of drug-likeness (QED) is 0.598. The molecule has 2 heterocycles.